The Morgan fingerprint density at radius 3 is 2.32 bits per heavy atom. The number of Topliss-reactive ketones (excluding diaryl/α,β-unsaturated/α-hetero) is 1. The molecule has 11 nitrogen and oxygen atoms in total. The number of nitrogens with one attached hydrogen (secondary N) is 2. The minimum absolute atomic E-state index is 0.0221. The number of aliphatic imine (C=N–C) groups is 1. The Morgan fingerprint density at radius 1 is 0.807 bits per heavy atom. The van der Waals surface area contributed by atoms with E-state index in [2.05, 4.69) is 15.3 Å². The maximum Gasteiger partial charge on any atom is 0.266 e. The van der Waals surface area contributed by atoms with Gasteiger partial charge in [-0.2, -0.15) is 0 Å². The minimum atomic E-state index is -1.14. The molecule has 2 fully saturated rings. The third-order valence-corrected chi connectivity index (χ3v) is 11.8. The van der Waals surface area contributed by atoms with Gasteiger partial charge in [0.25, 0.3) is 5.56 Å². The number of H-pyrrole nitrogens is 1. The largest absolute Gasteiger partial charge is 0.494 e. The van der Waals surface area contributed by atoms with E-state index in [-0.39, 0.29) is 41.0 Å². The number of nitrogens with zero attached hydrogens (tertiary/aromatic N) is 4. The summed E-state index contributed by atoms with van der Waals surface area (Å²) in [4.78, 5) is 68.1. The number of imide groups is 1. The Balaban J connectivity index is 0.000000166. The molecule has 0 bridgehead atoms. The summed E-state index contributed by atoms with van der Waals surface area (Å²) < 4.78 is 1.62. The molecule has 2 saturated heterocycles. The second-order valence-electron chi connectivity index (χ2n) is 15.0. The molecule has 2 unspecified atom stereocenters. The summed E-state index contributed by atoms with van der Waals surface area (Å²) in [5.74, 6) is -1.69. The summed E-state index contributed by atoms with van der Waals surface area (Å²) in [6, 6.07) is 35.9. The smallest absolute Gasteiger partial charge is 0.266 e. The first-order valence-electron chi connectivity index (χ1n) is 18.7. The fourth-order valence-electron chi connectivity index (χ4n) is 9.19. The molecular weight excluding hydrogens is 740 g/mol. The van der Waals surface area contributed by atoms with E-state index in [4.69, 9.17) is 16.6 Å². The lowest BCUT2D eigenvalue weighted by Crippen LogP contribution is -2.51. The molecule has 4 atom stereocenters. The van der Waals surface area contributed by atoms with Crippen molar-refractivity contribution in [2.75, 3.05) is 4.90 Å². The predicted molar refractivity (Wildman–Crippen MR) is 218 cm³/mol. The van der Waals surface area contributed by atoms with Crippen molar-refractivity contribution in [1.29, 1.82) is 0 Å². The molecular formula is C45H33ClN6O5. The van der Waals surface area contributed by atoms with Gasteiger partial charge in [-0.1, -0.05) is 92.2 Å². The van der Waals surface area contributed by atoms with E-state index >= 15 is 0 Å². The van der Waals surface area contributed by atoms with Gasteiger partial charge in [-0.3, -0.25) is 29.1 Å². The van der Waals surface area contributed by atoms with Crippen molar-refractivity contribution in [3.63, 3.8) is 0 Å². The summed E-state index contributed by atoms with van der Waals surface area (Å²) in [7, 11) is 0. The van der Waals surface area contributed by atoms with Crippen molar-refractivity contribution in [2.45, 2.75) is 25.4 Å². The fourth-order valence-corrected chi connectivity index (χ4v) is 9.38. The highest BCUT2D eigenvalue weighted by Gasteiger charge is 2.70. The summed E-state index contributed by atoms with van der Waals surface area (Å²) in [5.41, 5.74) is 3.91. The number of hydrogen-bond acceptors (Lipinski definition) is 8. The SMILES string of the molecule is CC(C)C1NC2(c3ccccc3-n3c2nc2ccccc2c3=O)[C@H]2C(=O)N(c3cccc(Cl)c3)C(=O)[C@@H]12.O=C1C(c2c(O)[nH]c3ccccc23)=Nc2ccccc21. The standard InChI is InChI=1S/C29H23ClN4O3.C16H10N2O2/c1-15(2)24-22-23(27(37)33(26(22)36)17-9-7-8-16(30)14-17)29(32-24)19-11-4-6-13-21(19)34-25(35)18-10-3-5-12-20(18)31-28(29)34;19-15-10-6-2-4-8-12(10)17-14(15)13-9-5-1-3-7-11(9)18-16(13)20/h3-15,22-24,32H,1-2H3;1-8,18,20H/t22-,23-,24?,29?;/m1./s1. The minimum Gasteiger partial charge on any atom is -0.494 e. The molecule has 4 aliphatic rings. The summed E-state index contributed by atoms with van der Waals surface area (Å²) in [6.07, 6.45) is 0. The second-order valence-corrected chi connectivity index (χ2v) is 15.5. The van der Waals surface area contributed by atoms with Crippen LogP contribution in [0.15, 0.2) is 131 Å². The molecule has 0 saturated carbocycles. The Morgan fingerprint density at radius 2 is 1.53 bits per heavy atom. The van der Waals surface area contributed by atoms with Crippen molar-refractivity contribution in [3.8, 4) is 11.6 Å². The number of carbonyl (C=O) groups is 3. The number of aromatic nitrogens is 3. The highest BCUT2D eigenvalue weighted by Crippen LogP contribution is 2.56. The van der Waals surface area contributed by atoms with E-state index in [0.717, 1.165) is 16.5 Å². The summed E-state index contributed by atoms with van der Waals surface area (Å²) >= 11 is 6.24. The highest BCUT2D eigenvalue weighted by atomic mass is 35.5. The van der Waals surface area contributed by atoms with Crippen LogP contribution in [0.25, 0.3) is 27.5 Å². The lowest BCUT2D eigenvalue weighted by molar-refractivity contribution is -0.123. The van der Waals surface area contributed by atoms with Gasteiger partial charge in [0.15, 0.2) is 5.88 Å². The second kappa shape index (κ2) is 12.7. The van der Waals surface area contributed by atoms with Crippen molar-refractivity contribution < 1.29 is 19.5 Å². The summed E-state index contributed by atoms with van der Waals surface area (Å²) in [6.45, 7) is 4.07. The zero-order chi connectivity index (χ0) is 39.3. The van der Waals surface area contributed by atoms with E-state index in [0.29, 0.717) is 55.7 Å². The van der Waals surface area contributed by atoms with Gasteiger partial charge in [-0.05, 0) is 60.5 Å². The van der Waals surface area contributed by atoms with E-state index in [1.807, 2.05) is 86.6 Å². The molecule has 57 heavy (non-hydrogen) atoms. The first-order chi connectivity index (χ1) is 27.6. The van der Waals surface area contributed by atoms with Gasteiger partial charge in [-0.25, -0.2) is 14.9 Å². The average molecular weight is 773 g/mol. The molecule has 2 amide bonds. The van der Waals surface area contributed by atoms with E-state index in [9.17, 15) is 24.3 Å². The molecule has 0 aliphatic carbocycles. The maximum absolute atomic E-state index is 14.3. The normalized spacial score (nSPS) is 21.5. The number of aromatic amines is 1. The topological polar surface area (TPSA) is 150 Å². The molecule has 7 aromatic rings. The molecule has 11 rings (SSSR count). The van der Waals surface area contributed by atoms with Crippen LogP contribution in [0.3, 0.4) is 0 Å². The Kier molecular flexibility index (Phi) is 7.73. The number of para-hydroxylation sites is 4. The van der Waals surface area contributed by atoms with E-state index in [1.54, 1.807) is 53.1 Å². The number of benzene rings is 5. The molecule has 2 aromatic heterocycles. The van der Waals surface area contributed by atoms with Crippen molar-refractivity contribution in [2.24, 2.45) is 22.7 Å². The number of amides is 2. The molecule has 3 N–H and O–H groups in total. The molecule has 5 aromatic carbocycles. The number of fused-ring (bicyclic) bond motifs is 10. The van der Waals surface area contributed by atoms with Crippen LogP contribution >= 0.6 is 11.6 Å². The Labute approximate surface area is 330 Å². The van der Waals surface area contributed by atoms with Crippen LogP contribution < -0.4 is 15.8 Å². The van der Waals surface area contributed by atoms with Gasteiger partial charge < -0.3 is 10.1 Å². The number of anilines is 1. The van der Waals surface area contributed by atoms with Crippen LogP contribution in [-0.4, -0.2) is 49.0 Å². The molecule has 0 radical (unpaired) electrons. The highest BCUT2D eigenvalue weighted by molar-refractivity contribution is 6.56. The predicted octanol–water partition coefficient (Wildman–Crippen LogP) is 7.22. The molecule has 4 aliphatic heterocycles. The molecule has 280 valence electrons. The molecule has 12 heteroatoms. The van der Waals surface area contributed by atoms with Crippen LogP contribution in [0.2, 0.25) is 5.02 Å². The summed E-state index contributed by atoms with van der Waals surface area (Å²) in [5, 5.41) is 15.5. The van der Waals surface area contributed by atoms with Crippen LogP contribution in [0, 0.1) is 17.8 Å². The third kappa shape index (κ3) is 4.89. The van der Waals surface area contributed by atoms with Crippen LogP contribution in [0.4, 0.5) is 11.4 Å². The number of aromatic hydroxyl groups is 1. The quantitative estimate of drug-likeness (QED) is 0.161. The van der Waals surface area contributed by atoms with Gasteiger partial charge >= 0.3 is 0 Å². The lowest BCUT2D eigenvalue weighted by atomic mass is 9.75. The first kappa shape index (κ1) is 34.8. The van der Waals surface area contributed by atoms with Crippen molar-refractivity contribution in [3.05, 3.63) is 159 Å². The van der Waals surface area contributed by atoms with Crippen LogP contribution in [0.5, 0.6) is 5.88 Å². The van der Waals surface area contributed by atoms with Gasteiger partial charge in [0.1, 0.15) is 17.1 Å². The van der Waals surface area contributed by atoms with Gasteiger partial charge in [0, 0.05) is 33.1 Å². The van der Waals surface area contributed by atoms with Crippen molar-refractivity contribution in [1.82, 2.24) is 19.9 Å². The third-order valence-electron chi connectivity index (χ3n) is 11.6. The van der Waals surface area contributed by atoms with Crippen LogP contribution in [-0.2, 0) is 15.1 Å². The zero-order valence-corrected chi connectivity index (χ0v) is 31.4. The van der Waals surface area contributed by atoms with Crippen molar-refractivity contribution >= 4 is 68.1 Å². The van der Waals surface area contributed by atoms with Gasteiger partial charge in [-0.15, -0.1) is 0 Å². The number of halogens is 1. The Hall–Kier alpha value is -6.69. The number of carbonyl (C=O) groups excluding carboxylic acids is 3. The van der Waals surface area contributed by atoms with Crippen LogP contribution in [0.1, 0.15) is 41.2 Å². The van der Waals surface area contributed by atoms with E-state index in [1.165, 1.54) is 4.90 Å². The van der Waals surface area contributed by atoms with Gasteiger partial charge in [0.2, 0.25) is 17.6 Å². The Bertz CT molecular complexity index is 2990. The average Bonchev–Trinajstić information content (AvgIpc) is 3.98. The zero-order valence-electron chi connectivity index (χ0n) is 30.6. The fraction of sp³-hybridized carbons (Fsp3) is 0.156. The first-order valence-corrected chi connectivity index (χ1v) is 19.0. The molecule has 1 spiro atoms. The lowest BCUT2D eigenvalue weighted by Gasteiger charge is -2.32. The number of ketones is 1. The maximum atomic E-state index is 14.3. The number of rotatable bonds is 3. The monoisotopic (exact) mass is 772 g/mol. The number of hydrogen-bond donors (Lipinski definition) is 3. The molecule has 6 heterocycles. The van der Waals surface area contributed by atoms with E-state index < -0.39 is 17.4 Å². The van der Waals surface area contributed by atoms with Gasteiger partial charge in [0.05, 0.1) is 45.4 Å².